The summed E-state index contributed by atoms with van der Waals surface area (Å²) < 4.78 is 5.49. The van der Waals surface area contributed by atoms with Gasteiger partial charge in [-0.25, -0.2) is 0 Å². The molecule has 0 fully saturated rings. The Morgan fingerprint density at radius 1 is 1.04 bits per heavy atom. The van der Waals surface area contributed by atoms with E-state index in [2.05, 4.69) is 20.7 Å². The van der Waals surface area contributed by atoms with E-state index in [9.17, 15) is 0 Å². The first kappa shape index (κ1) is 18.9. The molecule has 0 aliphatic carbocycles. The van der Waals surface area contributed by atoms with E-state index >= 15 is 0 Å². The van der Waals surface area contributed by atoms with Crippen molar-refractivity contribution >= 4 is 23.1 Å². The SMILES string of the molecule is COc1ccccc1Cc1cc(-c2ccc(Cl)cc2)nnc1NN=C(C)C. The van der Waals surface area contributed by atoms with Crippen LogP contribution in [0.5, 0.6) is 5.75 Å². The van der Waals surface area contributed by atoms with Gasteiger partial charge in [0.25, 0.3) is 0 Å². The lowest BCUT2D eigenvalue weighted by molar-refractivity contribution is 0.410. The zero-order valence-electron chi connectivity index (χ0n) is 15.5. The molecule has 1 heterocycles. The van der Waals surface area contributed by atoms with Crippen LogP contribution < -0.4 is 10.2 Å². The number of rotatable bonds is 6. The molecule has 0 aliphatic heterocycles. The van der Waals surface area contributed by atoms with E-state index in [1.807, 2.05) is 68.4 Å². The Morgan fingerprint density at radius 2 is 1.78 bits per heavy atom. The van der Waals surface area contributed by atoms with Crippen LogP contribution in [0.25, 0.3) is 11.3 Å². The molecule has 0 unspecified atom stereocenters. The van der Waals surface area contributed by atoms with Crippen molar-refractivity contribution in [3.63, 3.8) is 0 Å². The van der Waals surface area contributed by atoms with Gasteiger partial charge in [0.15, 0.2) is 5.82 Å². The van der Waals surface area contributed by atoms with Gasteiger partial charge in [0.2, 0.25) is 0 Å². The van der Waals surface area contributed by atoms with Crippen LogP contribution in [0.3, 0.4) is 0 Å². The normalized spacial score (nSPS) is 10.4. The molecule has 2 aromatic carbocycles. The second kappa shape index (κ2) is 8.64. The van der Waals surface area contributed by atoms with Gasteiger partial charge in [0.1, 0.15) is 5.75 Å². The number of halogens is 1. The summed E-state index contributed by atoms with van der Waals surface area (Å²) in [4.78, 5) is 0. The summed E-state index contributed by atoms with van der Waals surface area (Å²) in [5.74, 6) is 1.46. The van der Waals surface area contributed by atoms with Crippen LogP contribution in [0.4, 0.5) is 5.82 Å². The smallest absolute Gasteiger partial charge is 0.172 e. The number of para-hydroxylation sites is 1. The van der Waals surface area contributed by atoms with Crippen LogP contribution in [0, 0.1) is 0 Å². The summed E-state index contributed by atoms with van der Waals surface area (Å²) in [5.41, 5.74) is 7.69. The van der Waals surface area contributed by atoms with Gasteiger partial charge in [-0.3, -0.25) is 5.43 Å². The van der Waals surface area contributed by atoms with Crippen molar-refractivity contribution in [3.05, 3.63) is 70.7 Å². The highest BCUT2D eigenvalue weighted by molar-refractivity contribution is 6.30. The Kier molecular flexibility index (Phi) is 6.04. The minimum atomic E-state index is 0.625. The molecule has 5 nitrogen and oxygen atoms in total. The highest BCUT2D eigenvalue weighted by Crippen LogP contribution is 2.27. The van der Waals surface area contributed by atoms with Crippen LogP contribution in [-0.2, 0) is 6.42 Å². The Bertz CT molecular complexity index is 951. The summed E-state index contributed by atoms with van der Waals surface area (Å²) in [5, 5.41) is 13.7. The summed E-state index contributed by atoms with van der Waals surface area (Å²) in [6.45, 7) is 3.84. The molecule has 3 aromatic rings. The molecule has 6 heteroatoms. The number of methoxy groups -OCH3 is 1. The van der Waals surface area contributed by atoms with E-state index in [4.69, 9.17) is 16.3 Å². The molecule has 0 radical (unpaired) electrons. The third-order valence-electron chi connectivity index (χ3n) is 3.97. The Morgan fingerprint density at radius 3 is 2.48 bits per heavy atom. The first-order chi connectivity index (χ1) is 13.1. The number of hydrogen-bond donors (Lipinski definition) is 1. The van der Waals surface area contributed by atoms with Crippen LogP contribution >= 0.6 is 11.6 Å². The molecule has 0 bridgehead atoms. The lowest BCUT2D eigenvalue weighted by Crippen LogP contribution is -2.04. The average Bonchev–Trinajstić information content (AvgIpc) is 2.68. The van der Waals surface area contributed by atoms with Gasteiger partial charge in [-0.15, -0.1) is 10.2 Å². The highest BCUT2D eigenvalue weighted by atomic mass is 35.5. The molecule has 0 spiro atoms. The maximum Gasteiger partial charge on any atom is 0.172 e. The fraction of sp³-hybridized carbons (Fsp3) is 0.190. The first-order valence-electron chi connectivity index (χ1n) is 8.58. The Hall–Kier alpha value is -2.92. The largest absolute Gasteiger partial charge is 0.496 e. The molecule has 0 saturated carbocycles. The van der Waals surface area contributed by atoms with Gasteiger partial charge < -0.3 is 4.74 Å². The third-order valence-corrected chi connectivity index (χ3v) is 4.22. The van der Waals surface area contributed by atoms with E-state index in [1.54, 1.807) is 7.11 Å². The van der Waals surface area contributed by atoms with Crippen molar-refractivity contribution < 1.29 is 4.74 Å². The first-order valence-corrected chi connectivity index (χ1v) is 8.96. The second-order valence-corrected chi connectivity index (χ2v) is 6.71. The lowest BCUT2D eigenvalue weighted by atomic mass is 10.0. The fourth-order valence-corrected chi connectivity index (χ4v) is 2.77. The van der Waals surface area contributed by atoms with Crippen molar-refractivity contribution in [2.75, 3.05) is 12.5 Å². The maximum absolute atomic E-state index is 5.99. The Balaban J connectivity index is 2.02. The molecule has 27 heavy (non-hydrogen) atoms. The van der Waals surface area contributed by atoms with Crippen molar-refractivity contribution in [1.82, 2.24) is 10.2 Å². The topological polar surface area (TPSA) is 59.4 Å². The molecule has 0 amide bonds. The van der Waals surface area contributed by atoms with Gasteiger partial charge >= 0.3 is 0 Å². The lowest BCUT2D eigenvalue weighted by Gasteiger charge is -2.12. The van der Waals surface area contributed by atoms with Gasteiger partial charge in [0.05, 0.1) is 12.8 Å². The van der Waals surface area contributed by atoms with Gasteiger partial charge in [0, 0.05) is 28.3 Å². The monoisotopic (exact) mass is 380 g/mol. The number of aromatic nitrogens is 2. The number of nitrogens with zero attached hydrogens (tertiary/aromatic N) is 3. The van der Waals surface area contributed by atoms with E-state index in [-0.39, 0.29) is 0 Å². The molecule has 1 aromatic heterocycles. The quantitative estimate of drug-likeness (QED) is 0.471. The predicted octanol–water partition coefficient (Wildman–Crippen LogP) is 5.20. The van der Waals surface area contributed by atoms with Crippen molar-refractivity contribution in [1.29, 1.82) is 0 Å². The summed E-state index contributed by atoms with van der Waals surface area (Å²) in [6.07, 6.45) is 0.640. The van der Waals surface area contributed by atoms with Crippen LogP contribution in [0.1, 0.15) is 25.0 Å². The van der Waals surface area contributed by atoms with Crippen LogP contribution in [0.2, 0.25) is 5.02 Å². The minimum Gasteiger partial charge on any atom is -0.496 e. The third kappa shape index (κ3) is 4.83. The Labute approximate surface area is 164 Å². The minimum absolute atomic E-state index is 0.625. The van der Waals surface area contributed by atoms with Crippen LogP contribution in [0.15, 0.2) is 59.7 Å². The second-order valence-electron chi connectivity index (χ2n) is 6.27. The van der Waals surface area contributed by atoms with Crippen molar-refractivity contribution in [2.45, 2.75) is 20.3 Å². The number of anilines is 1. The predicted molar refractivity (Wildman–Crippen MR) is 111 cm³/mol. The molecule has 1 N–H and O–H groups in total. The molecular formula is C21H21ClN4O. The fourth-order valence-electron chi connectivity index (χ4n) is 2.64. The zero-order valence-corrected chi connectivity index (χ0v) is 16.3. The van der Waals surface area contributed by atoms with E-state index in [1.165, 1.54) is 0 Å². The van der Waals surface area contributed by atoms with Crippen molar-refractivity contribution in [2.24, 2.45) is 5.10 Å². The van der Waals surface area contributed by atoms with Gasteiger partial charge in [-0.05, 0) is 43.7 Å². The molecule has 0 aliphatic rings. The summed E-state index contributed by atoms with van der Waals surface area (Å²) >= 11 is 5.99. The maximum atomic E-state index is 5.99. The van der Waals surface area contributed by atoms with E-state index < -0.39 is 0 Å². The van der Waals surface area contributed by atoms with Gasteiger partial charge in [-0.2, -0.15) is 5.10 Å². The molecule has 0 atom stereocenters. The highest BCUT2D eigenvalue weighted by Gasteiger charge is 2.12. The van der Waals surface area contributed by atoms with Crippen LogP contribution in [-0.4, -0.2) is 23.0 Å². The zero-order chi connectivity index (χ0) is 19.2. The molecule has 0 saturated heterocycles. The average molecular weight is 381 g/mol. The molecule has 138 valence electrons. The molecule has 3 rings (SSSR count). The van der Waals surface area contributed by atoms with E-state index in [0.29, 0.717) is 17.3 Å². The molecular weight excluding hydrogens is 360 g/mol. The number of nitrogens with one attached hydrogen (secondary N) is 1. The number of benzene rings is 2. The van der Waals surface area contributed by atoms with Crippen molar-refractivity contribution in [3.8, 4) is 17.0 Å². The summed E-state index contributed by atoms with van der Waals surface area (Å²) in [6, 6.07) is 17.5. The van der Waals surface area contributed by atoms with Gasteiger partial charge in [-0.1, -0.05) is 41.9 Å². The standard InChI is InChI=1S/C21H21ClN4O/c1-14(2)23-25-21-17(12-16-6-4-5-7-20(16)27-3)13-19(24-26-21)15-8-10-18(22)11-9-15/h4-11,13H,12H2,1-3H3,(H,25,26). The van der Waals surface area contributed by atoms with E-state index in [0.717, 1.165) is 33.8 Å². The number of hydrazone groups is 1. The number of hydrogen-bond acceptors (Lipinski definition) is 5. The summed E-state index contributed by atoms with van der Waals surface area (Å²) in [7, 11) is 1.67. The number of ether oxygens (including phenoxy) is 1.